The van der Waals surface area contributed by atoms with E-state index in [0.29, 0.717) is 22.4 Å². The Morgan fingerprint density at radius 3 is 2.33 bits per heavy atom. The Morgan fingerprint density at radius 1 is 0.967 bits per heavy atom. The smallest absolute Gasteiger partial charge is 0.248 e. The number of rotatable bonds is 6. The first-order chi connectivity index (χ1) is 14.2. The van der Waals surface area contributed by atoms with Crippen LogP contribution in [0.25, 0.3) is 17.2 Å². The summed E-state index contributed by atoms with van der Waals surface area (Å²) < 4.78 is 23.6. The molecule has 3 aromatic rings. The summed E-state index contributed by atoms with van der Waals surface area (Å²) in [4.78, 5) is 12.2. The van der Waals surface area contributed by atoms with E-state index in [1.54, 1.807) is 72.8 Å². The van der Waals surface area contributed by atoms with Crippen molar-refractivity contribution >= 4 is 33.5 Å². The highest BCUT2D eigenvalue weighted by Crippen LogP contribution is 2.27. The number of carbonyl (C=O) groups is 1. The number of hydrogen-bond acceptors (Lipinski definition) is 4. The maximum Gasteiger partial charge on any atom is 0.248 e. The Balaban J connectivity index is 1.73. The Morgan fingerprint density at radius 2 is 1.67 bits per heavy atom. The van der Waals surface area contributed by atoms with Crippen LogP contribution in [0.4, 0.5) is 5.69 Å². The Labute approximate surface area is 174 Å². The Bertz CT molecular complexity index is 1230. The molecule has 0 aromatic heterocycles. The second-order valence-corrected chi connectivity index (χ2v) is 8.01. The van der Waals surface area contributed by atoms with E-state index in [2.05, 4.69) is 5.32 Å². The van der Waals surface area contributed by atoms with Crippen molar-refractivity contribution in [3.05, 3.63) is 90.0 Å². The van der Waals surface area contributed by atoms with Gasteiger partial charge in [-0.1, -0.05) is 48.5 Å². The molecule has 8 heteroatoms. The quantitative estimate of drug-likeness (QED) is 0.276. The highest BCUT2D eigenvalue weighted by Gasteiger charge is 2.14. The van der Waals surface area contributed by atoms with Gasteiger partial charge in [-0.25, -0.2) is 13.6 Å². The minimum atomic E-state index is -3.85. The number of benzene rings is 3. The molecule has 0 saturated heterocycles. The summed E-state index contributed by atoms with van der Waals surface area (Å²) in [5.74, 6) is -0.375. The fourth-order valence-corrected chi connectivity index (χ4v) is 3.61. The van der Waals surface area contributed by atoms with Crippen LogP contribution in [0.1, 0.15) is 11.1 Å². The largest absolute Gasteiger partial charge is 0.384 e. The normalized spacial score (nSPS) is 11.4. The van der Waals surface area contributed by atoms with Gasteiger partial charge in [0.2, 0.25) is 15.9 Å². The van der Waals surface area contributed by atoms with E-state index in [1.165, 1.54) is 12.1 Å². The minimum absolute atomic E-state index is 0.0394. The number of nitrogens with one attached hydrogen (secondary N) is 2. The number of amidine groups is 1. The molecule has 0 aliphatic carbocycles. The number of primary sulfonamides is 1. The van der Waals surface area contributed by atoms with Crippen molar-refractivity contribution in [1.82, 2.24) is 0 Å². The average Bonchev–Trinajstić information content (AvgIpc) is 2.72. The molecule has 7 nitrogen and oxygen atoms in total. The predicted molar refractivity (Wildman–Crippen MR) is 118 cm³/mol. The van der Waals surface area contributed by atoms with Gasteiger partial charge in [-0.3, -0.25) is 10.2 Å². The fourth-order valence-electron chi connectivity index (χ4n) is 2.85. The fraction of sp³-hybridized carbons (Fsp3) is 0. The third-order valence-corrected chi connectivity index (χ3v) is 5.25. The molecule has 0 aliphatic rings. The number of sulfonamides is 1. The first-order valence-corrected chi connectivity index (χ1v) is 10.4. The molecule has 0 aliphatic heterocycles. The van der Waals surface area contributed by atoms with Crippen molar-refractivity contribution in [1.29, 1.82) is 5.41 Å². The molecule has 0 saturated carbocycles. The first kappa shape index (κ1) is 21.0. The second-order valence-electron chi connectivity index (χ2n) is 6.48. The molecule has 152 valence electrons. The third kappa shape index (κ3) is 5.19. The lowest BCUT2D eigenvalue weighted by Gasteiger charge is -2.09. The Hall–Kier alpha value is -3.75. The molecular weight excluding hydrogens is 400 g/mol. The van der Waals surface area contributed by atoms with E-state index in [4.69, 9.17) is 16.3 Å². The number of carbonyl (C=O) groups excluding carboxylic acids is 1. The van der Waals surface area contributed by atoms with Crippen LogP contribution >= 0.6 is 0 Å². The van der Waals surface area contributed by atoms with Crippen molar-refractivity contribution < 1.29 is 13.2 Å². The van der Waals surface area contributed by atoms with Gasteiger partial charge in [-0.2, -0.15) is 0 Å². The van der Waals surface area contributed by atoms with E-state index in [0.717, 1.165) is 5.56 Å². The van der Waals surface area contributed by atoms with Crippen LogP contribution in [-0.4, -0.2) is 20.2 Å². The monoisotopic (exact) mass is 420 g/mol. The maximum atomic E-state index is 12.2. The zero-order valence-corrected chi connectivity index (χ0v) is 16.7. The SMILES string of the molecule is N=C(N)c1cccc(/C=C/C(=O)Nc2ccc(-c3ccccc3S(N)(=O)=O)cc2)c1. The Kier molecular flexibility index (Phi) is 6.10. The lowest BCUT2D eigenvalue weighted by Crippen LogP contribution is -2.13. The molecule has 6 N–H and O–H groups in total. The molecule has 1 amide bonds. The summed E-state index contributed by atoms with van der Waals surface area (Å²) in [6.45, 7) is 0. The molecule has 3 aromatic carbocycles. The molecule has 3 rings (SSSR count). The van der Waals surface area contributed by atoms with E-state index >= 15 is 0 Å². The van der Waals surface area contributed by atoms with Gasteiger partial charge in [0, 0.05) is 22.9 Å². The second kappa shape index (κ2) is 8.73. The van der Waals surface area contributed by atoms with Gasteiger partial charge in [-0.15, -0.1) is 0 Å². The van der Waals surface area contributed by atoms with Crippen molar-refractivity contribution in [2.45, 2.75) is 4.90 Å². The highest BCUT2D eigenvalue weighted by molar-refractivity contribution is 7.89. The van der Waals surface area contributed by atoms with E-state index < -0.39 is 10.0 Å². The van der Waals surface area contributed by atoms with Crippen LogP contribution in [0.5, 0.6) is 0 Å². The molecule has 0 radical (unpaired) electrons. The number of nitrogen functional groups attached to an aromatic ring is 1. The summed E-state index contributed by atoms with van der Waals surface area (Å²) in [6, 6.07) is 20.2. The van der Waals surface area contributed by atoms with E-state index in [1.807, 2.05) is 0 Å². The number of anilines is 1. The van der Waals surface area contributed by atoms with E-state index in [9.17, 15) is 13.2 Å². The molecule has 0 fully saturated rings. The molecule has 0 heterocycles. The molecule has 0 atom stereocenters. The van der Waals surface area contributed by atoms with Crippen LogP contribution in [0.15, 0.2) is 83.8 Å². The molecule has 0 spiro atoms. The number of amides is 1. The zero-order chi connectivity index (χ0) is 21.7. The van der Waals surface area contributed by atoms with Crippen LogP contribution in [-0.2, 0) is 14.8 Å². The summed E-state index contributed by atoms with van der Waals surface area (Å²) in [6.07, 6.45) is 3.00. The van der Waals surface area contributed by atoms with Gasteiger partial charge < -0.3 is 11.1 Å². The van der Waals surface area contributed by atoms with Crippen LogP contribution < -0.4 is 16.2 Å². The van der Waals surface area contributed by atoms with Crippen LogP contribution in [0, 0.1) is 5.41 Å². The first-order valence-electron chi connectivity index (χ1n) is 8.90. The van der Waals surface area contributed by atoms with Gasteiger partial charge in [0.25, 0.3) is 0 Å². The number of hydrogen-bond donors (Lipinski definition) is 4. The topological polar surface area (TPSA) is 139 Å². The predicted octanol–water partition coefficient (Wildman–Crippen LogP) is 2.94. The standard InChI is InChI=1S/C22H20N4O3S/c23-22(24)17-5-3-4-15(14-17)8-13-21(27)26-18-11-9-16(10-12-18)19-6-1-2-7-20(19)30(25,28)29/h1-14H,(H3,23,24)(H,26,27)(H2,25,28,29)/b13-8+. The minimum Gasteiger partial charge on any atom is -0.384 e. The van der Waals surface area contributed by atoms with Gasteiger partial charge in [-0.05, 0) is 41.5 Å². The molecular formula is C22H20N4O3S. The number of nitrogens with two attached hydrogens (primary N) is 2. The summed E-state index contributed by atoms with van der Waals surface area (Å²) >= 11 is 0. The van der Waals surface area contributed by atoms with Gasteiger partial charge in [0.1, 0.15) is 5.84 Å². The highest BCUT2D eigenvalue weighted by atomic mass is 32.2. The van der Waals surface area contributed by atoms with Crippen molar-refractivity contribution in [2.24, 2.45) is 10.9 Å². The van der Waals surface area contributed by atoms with Crippen LogP contribution in [0.3, 0.4) is 0 Å². The molecule has 0 unspecified atom stereocenters. The van der Waals surface area contributed by atoms with Crippen LogP contribution in [0.2, 0.25) is 0 Å². The zero-order valence-electron chi connectivity index (χ0n) is 15.9. The summed E-state index contributed by atoms with van der Waals surface area (Å²) in [5.41, 5.74) is 8.49. The molecule has 30 heavy (non-hydrogen) atoms. The summed E-state index contributed by atoms with van der Waals surface area (Å²) in [7, 11) is -3.85. The lowest BCUT2D eigenvalue weighted by atomic mass is 10.1. The van der Waals surface area contributed by atoms with E-state index in [-0.39, 0.29) is 16.6 Å². The molecule has 0 bridgehead atoms. The van der Waals surface area contributed by atoms with Crippen molar-refractivity contribution in [3.63, 3.8) is 0 Å². The van der Waals surface area contributed by atoms with Gasteiger partial charge in [0.15, 0.2) is 0 Å². The van der Waals surface area contributed by atoms with Gasteiger partial charge in [0.05, 0.1) is 4.90 Å². The maximum absolute atomic E-state index is 12.2. The lowest BCUT2D eigenvalue weighted by molar-refractivity contribution is -0.111. The van der Waals surface area contributed by atoms with Gasteiger partial charge >= 0.3 is 0 Å². The average molecular weight is 420 g/mol. The van der Waals surface area contributed by atoms with Crippen molar-refractivity contribution in [3.8, 4) is 11.1 Å². The van der Waals surface area contributed by atoms with Crippen molar-refractivity contribution in [2.75, 3.05) is 5.32 Å². The third-order valence-electron chi connectivity index (χ3n) is 4.28. The summed E-state index contributed by atoms with van der Waals surface area (Å²) in [5, 5.41) is 15.5.